The number of nitrogens with zero attached hydrogens (tertiary/aromatic N) is 1. The van der Waals surface area contributed by atoms with Crippen molar-refractivity contribution >= 4 is 27.3 Å². The van der Waals surface area contributed by atoms with Crippen molar-refractivity contribution in [3.8, 4) is 0 Å². The van der Waals surface area contributed by atoms with Crippen LogP contribution in [0.5, 0.6) is 0 Å². The van der Waals surface area contributed by atoms with Gasteiger partial charge in [-0.3, -0.25) is 0 Å². The highest BCUT2D eigenvalue weighted by Crippen LogP contribution is 2.35. The van der Waals surface area contributed by atoms with Crippen LogP contribution in [0, 0.1) is 5.82 Å². The van der Waals surface area contributed by atoms with Crippen LogP contribution in [0.25, 0.3) is 0 Å². The molecule has 0 spiro atoms. The van der Waals surface area contributed by atoms with Crippen LogP contribution in [-0.4, -0.2) is 12.0 Å². The number of rotatable bonds is 3. The summed E-state index contributed by atoms with van der Waals surface area (Å²) in [6.45, 7) is 0. The first-order valence-corrected chi connectivity index (χ1v) is 7.90. The molecule has 1 N–H and O–H groups in total. The molecule has 0 radical (unpaired) electrons. The van der Waals surface area contributed by atoms with E-state index in [2.05, 4.69) is 21.2 Å². The molecule has 5 heteroatoms. The van der Waals surface area contributed by atoms with Crippen molar-refractivity contribution in [1.29, 1.82) is 0 Å². The molecule has 0 aliphatic heterocycles. The Morgan fingerprint density at radius 1 is 1.42 bits per heavy atom. The Balaban J connectivity index is 2.01. The van der Waals surface area contributed by atoms with E-state index in [9.17, 15) is 4.39 Å². The number of nitrogens with one attached hydrogen (secondary N) is 1. The van der Waals surface area contributed by atoms with Crippen molar-refractivity contribution in [3.63, 3.8) is 0 Å². The quantitative estimate of drug-likeness (QED) is 0.918. The first-order valence-electron chi connectivity index (χ1n) is 6.29. The summed E-state index contributed by atoms with van der Waals surface area (Å²) in [7, 11) is 1.88. The average molecular weight is 341 g/mol. The smallest absolute Gasteiger partial charge is 0.123 e. The van der Waals surface area contributed by atoms with Crippen LogP contribution in [0.3, 0.4) is 0 Å². The summed E-state index contributed by atoms with van der Waals surface area (Å²) >= 11 is 5.24. The zero-order valence-corrected chi connectivity index (χ0v) is 12.9. The predicted molar refractivity (Wildman–Crippen MR) is 79.1 cm³/mol. The summed E-state index contributed by atoms with van der Waals surface area (Å²) in [6.07, 6.45) is 3.42. The number of halogens is 2. The minimum absolute atomic E-state index is 0.0549. The number of benzene rings is 1. The molecule has 0 fully saturated rings. The van der Waals surface area contributed by atoms with Crippen LogP contribution in [0.4, 0.5) is 4.39 Å². The van der Waals surface area contributed by atoms with Crippen molar-refractivity contribution in [1.82, 2.24) is 10.3 Å². The summed E-state index contributed by atoms with van der Waals surface area (Å²) in [5.74, 6) is -0.220. The number of fused-ring (bicyclic) bond motifs is 1. The second-order valence-electron chi connectivity index (χ2n) is 4.66. The number of hydrogen-bond acceptors (Lipinski definition) is 3. The van der Waals surface area contributed by atoms with E-state index >= 15 is 0 Å². The molecule has 2 aromatic rings. The maximum absolute atomic E-state index is 13.5. The molecule has 0 amide bonds. The lowest BCUT2D eigenvalue weighted by molar-refractivity contribution is 0.614. The molecule has 19 heavy (non-hydrogen) atoms. The van der Waals surface area contributed by atoms with E-state index in [1.54, 1.807) is 23.5 Å². The van der Waals surface area contributed by atoms with E-state index in [1.807, 2.05) is 7.05 Å². The summed E-state index contributed by atoms with van der Waals surface area (Å²) in [5.41, 5.74) is 2.13. The minimum atomic E-state index is -0.220. The third-order valence-corrected chi connectivity index (χ3v) is 5.36. The molecule has 2 nitrogen and oxygen atoms in total. The highest BCUT2D eigenvalue weighted by Gasteiger charge is 2.23. The van der Waals surface area contributed by atoms with Gasteiger partial charge in [-0.2, -0.15) is 0 Å². The fourth-order valence-electron chi connectivity index (χ4n) is 2.48. The highest BCUT2D eigenvalue weighted by molar-refractivity contribution is 9.10. The van der Waals surface area contributed by atoms with Crippen molar-refractivity contribution in [2.45, 2.75) is 25.3 Å². The van der Waals surface area contributed by atoms with E-state index in [4.69, 9.17) is 4.98 Å². The lowest BCUT2D eigenvalue weighted by Gasteiger charge is -2.16. The van der Waals surface area contributed by atoms with Gasteiger partial charge < -0.3 is 5.32 Å². The molecule has 3 rings (SSSR count). The van der Waals surface area contributed by atoms with Gasteiger partial charge in [0, 0.05) is 9.35 Å². The van der Waals surface area contributed by atoms with Gasteiger partial charge in [-0.05, 0) is 50.1 Å². The molecule has 1 aliphatic carbocycles. The molecule has 1 unspecified atom stereocenters. The van der Waals surface area contributed by atoms with E-state index < -0.39 is 0 Å². The summed E-state index contributed by atoms with van der Waals surface area (Å²) < 4.78 is 14.4. The van der Waals surface area contributed by atoms with Gasteiger partial charge in [-0.1, -0.05) is 15.9 Å². The van der Waals surface area contributed by atoms with Crippen LogP contribution >= 0.6 is 27.3 Å². The van der Waals surface area contributed by atoms with Gasteiger partial charge in [0.25, 0.3) is 0 Å². The molecule has 1 aliphatic rings. The van der Waals surface area contributed by atoms with Crippen molar-refractivity contribution < 1.29 is 4.39 Å². The summed E-state index contributed by atoms with van der Waals surface area (Å²) in [4.78, 5) is 6.11. The zero-order chi connectivity index (χ0) is 13.4. The zero-order valence-electron chi connectivity index (χ0n) is 10.5. The fourth-order valence-corrected chi connectivity index (χ4v) is 4.24. The van der Waals surface area contributed by atoms with Gasteiger partial charge in [0.2, 0.25) is 0 Å². The Hall–Kier alpha value is -0.780. The summed E-state index contributed by atoms with van der Waals surface area (Å²) in [5, 5.41) is 4.27. The SMILES string of the molecule is CNC(c1nc2c(s1)CCC2)c1cc(F)ccc1Br. The predicted octanol–water partition coefficient (Wildman–Crippen LogP) is 3.84. The Bertz CT molecular complexity index is 590. The van der Waals surface area contributed by atoms with Gasteiger partial charge in [0.05, 0.1) is 11.7 Å². The van der Waals surface area contributed by atoms with E-state index in [1.165, 1.54) is 23.1 Å². The lowest BCUT2D eigenvalue weighted by Crippen LogP contribution is -2.18. The Labute approximate surface area is 124 Å². The molecule has 0 saturated heterocycles. The lowest BCUT2D eigenvalue weighted by atomic mass is 10.1. The molecular formula is C14H14BrFN2S. The topological polar surface area (TPSA) is 24.9 Å². The van der Waals surface area contributed by atoms with Crippen molar-refractivity contribution in [3.05, 3.63) is 49.6 Å². The second-order valence-corrected chi connectivity index (χ2v) is 6.63. The first kappa shape index (κ1) is 13.2. The molecular weight excluding hydrogens is 327 g/mol. The number of thiazole rings is 1. The van der Waals surface area contributed by atoms with Crippen molar-refractivity contribution in [2.75, 3.05) is 7.05 Å². The Morgan fingerprint density at radius 3 is 3.00 bits per heavy atom. The van der Waals surface area contributed by atoms with Gasteiger partial charge in [0.15, 0.2) is 0 Å². The van der Waals surface area contributed by atoms with Crippen LogP contribution < -0.4 is 5.32 Å². The third-order valence-electron chi connectivity index (χ3n) is 3.42. The van der Waals surface area contributed by atoms with E-state index in [0.717, 1.165) is 27.9 Å². The molecule has 100 valence electrons. The molecule has 1 atom stereocenters. The molecule has 1 aromatic carbocycles. The normalized spacial score (nSPS) is 15.5. The maximum atomic E-state index is 13.5. The number of aryl methyl sites for hydroxylation is 2. The number of aromatic nitrogens is 1. The van der Waals surface area contributed by atoms with E-state index in [-0.39, 0.29) is 11.9 Å². The monoisotopic (exact) mass is 340 g/mol. The molecule has 0 bridgehead atoms. The van der Waals surface area contributed by atoms with Crippen LogP contribution in [-0.2, 0) is 12.8 Å². The van der Waals surface area contributed by atoms with Gasteiger partial charge in [-0.15, -0.1) is 11.3 Å². The maximum Gasteiger partial charge on any atom is 0.123 e. The summed E-state index contributed by atoms with van der Waals surface area (Å²) in [6, 6.07) is 4.72. The van der Waals surface area contributed by atoms with Crippen molar-refractivity contribution in [2.24, 2.45) is 0 Å². The molecule has 1 heterocycles. The van der Waals surface area contributed by atoms with Gasteiger partial charge >= 0.3 is 0 Å². The van der Waals surface area contributed by atoms with Gasteiger partial charge in [0.1, 0.15) is 10.8 Å². The Morgan fingerprint density at radius 2 is 2.26 bits per heavy atom. The van der Waals surface area contributed by atoms with Crippen LogP contribution in [0.1, 0.15) is 33.6 Å². The third kappa shape index (κ3) is 2.47. The van der Waals surface area contributed by atoms with Crippen LogP contribution in [0.2, 0.25) is 0 Å². The standard InChI is InChI=1S/C14H14BrFN2S/c1-17-13(9-7-8(16)5-6-10(9)15)14-18-11-3-2-4-12(11)19-14/h5-7,13,17H,2-4H2,1H3. The number of hydrogen-bond donors (Lipinski definition) is 1. The van der Waals surface area contributed by atoms with Crippen LogP contribution in [0.15, 0.2) is 22.7 Å². The molecule has 0 saturated carbocycles. The van der Waals surface area contributed by atoms with Gasteiger partial charge in [-0.25, -0.2) is 9.37 Å². The molecule has 1 aromatic heterocycles. The average Bonchev–Trinajstić information content (AvgIpc) is 2.95. The van der Waals surface area contributed by atoms with E-state index in [0.29, 0.717) is 0 Å². The minimum Gasteiger partial charge on any atom is -0.307 e. The fraction of sp³-hybridized carbons (Fsp3) is 0.357. The first-order chi connectivity index (χ1) is 9.19. The second kappa shape index (κ2) is 5.31. The Kier molecular flexibility index (Phi) is 3.69. The largest absolute Gasteiger partial charge is 0.307 e. The highest BCUT2D eigenvalue weighted by atomic mass is 79.9.